The van der Waals surface area contributed by atoms with E-state index in [1.54, 1.807) is 11.5 Å². The van der Waals surface area contributed by atoms with Crippen LogP contribution in [0.5, 0.6) is 0 Å². The number of rotatable bonds is 5. The fourth-order valence-corrected chi connectivity index (χ4v) is 5.09. The molecule has 1 aliphatic heterocycles. The molecule has 1 fully saturated rings. The van der Waals surface area contributed by atoms with E-state index in [9.17, 15) is 21.6 Å². The molecular formula is C18H24F3N5O2S. The number of likely N-dealkylation sites (N-methyl/N-ethyl adjacent to an activating group) is 1. The first-order valence-electron chi connectivity index (χ1n) is 9.34. The first-order valence-corrected chi connectivity index (χ1v) is 10.8. The van der Waals surface area contributed by atoms with Gasteiger partial charge in [-0.15, -0.1) is 0 Å². The van der Waals surface area contributed by atoms with Crippen molar-refractivity contribution < 1.29 is 21.6 Å². The summed E-state index contributed by atoms with van der Waals surface area (Å²) in [7, 11) is -2.31. The van der Waals surface area contributed by atoms with E-state index in [0.717, 1.165) is 6.07 Å². The monoisotopic (exact) mass is 431 g/mol. The van der Waals surface area contributed by atoms with Crippen molar-refractivity contribution >= 4 is 15.8 Å². The average molecular weight is 431 g/mol. The molecule has 11 heteroatoms. The van der Waals surface area contributed by atoms with E-state index in [1.165, 1.54) is 34.7 Å². The molecule has 0 radical (unpaired) electrons. The Morgan fingerprint density at radius 3 is 2.69 bits per heavy atom. The number of hydrogen-bond acceptors (Lipinski definition) is 5. The molecule has 2 aromatic rings. The van der Waals surface area contributed by atoms with Gasteiger partial charge in [0.15, 0.2) is 5.03 Å². The Bertz CT molecular complexity index is 974. The van der Waals surface area contributed by atoms with Crippen LogP contribution in [0.4, 0.5) is 19.0 Å². The molecule has 2 aromatic heterocycles. The molecule has 0 aliphatic carbocycles. The summed E-state index contributed by atoms with van der Waals surface area (Å²) in [6.45, 7) is 4.60. The van der Waals surface area contributed by atoms with Crippen LogP contribution < -0.4 is 4.90 Å². The minimum Gasteiger partial charge on any atom is -0.355 e. The Kier molecular flexibility index (Phi) is 5.91. The summed E-state index contributed by atoms with van der Waals surface area (Å²) in [4.78, 5) is 9.51. The molecule has 3 heterocycles. The number of anilines is 1. The summed E-state index contributed by atoms with van der Waals surface area (Å²) in [6.07, 6.45) is -0.630. The maximum absolute atomic E-state index is 13.4. The standard InChI is InChI=1S/C18H24F3N5O2S/c1-4-25-12-16(23-13(25)2)29(27,28)26-10-6-7-14(11-26)24(3)17-15(18(19,20)21)8-5-9-22-17/h5,8-9,12,14H,4,6-7,10-11H2,1-3H3. The van der Waals surface area contributed by atoms with Gasteiger partial charge < -0.3 is 9.47 Å². The third-order valence-electron chi connectivity index (χ3n) is 5.23. The van der Waals surface area contributed by atoms with Crippen molar-refractivity contribution in [2.75, 3.05) is 25.0 Å². The lowest BCUT2D eigenvalue weighted by Gasteiger charge is -2.37. The largest absolute Gasteiger partial charge is 0.419 e. The van der Waals surface area contributed by atoms with E-state index in [4.69, 9.17) is 0 Å². The highest BCUT2D eigenvalue weighted by atomic mass is 32.2. The summed E-state index contributed by atoms with van der Waals surface area (Å²) in [6, 6.07) is 1.80. The highest BCUT2D eigenvalue weighted by Gasteiger charge is 2.38. The minimum absolute atomic E-state index is 0.0334. The number of sulfonamides is 1. The molecule has 0 amide bonds. The van der Waals surface area contributed by atoms with Crippen LogP contribution in [-0.2, 0) is 22.7 Å². The van der Waals surface area contributed by atoms with Crippen molar-refractivity contribution in [2.45, 2.75) is 50.5 Å². The molecule has 0 saturated carbocycles. The van der Waals surface area contributed by atoms with Crippen molar-refractivity contribution in [3.63, 3.8) is 0 Å². The number of aromatic nitrogens is 3. The van der Waals surface area contributed by atoms with Gasteiger partial charge in [-0.2, -0.15) is 17.5 Å². The van der Waals surface area contributed by atoms with Crippen molar-refractivity contribution in [1.29, 1.82) is 0 Å². The van der Waals surface area contributed by atoms with Gasteiger partial charge in [0.1, 0.15) is 11.6 Å². The van der Waals surface area contributed by atoms with Gasteiger partial charge in [-0.25, -0.2) is 18.4 Å². The fourth-order valence-electron chi connectivity index (χ4n) is 3.58. The number of halogens is 3. The maximum atomic E-state index is 13.4. The van der Waals surface area contributed by atoms with Gasteiger partial charge >= 0.3 is 6.18 Å². The number of alkyl halides is 3. The molecular weight excluding hydrogens is 407 g/mol. The Morgan fingerprint density at radius 1 is 1.34 bits per heavy atom. The topological polar surface area (TPSA) is 71.3 Å². The molecule has 0 N–H and O–H groups in total. The van der Waals surface area contributed by atoms with E-state index in [-0.39, 0.29) is 17.4 Å². The van der Waals surface area contributed by atoms with Crippen molar-refractivity contribution in [1.82, 2.24) is 18.8 Å². The lowest BCUT2D eigenvalue weighted by atomic mass is 10.1. The molecule has 1 aliphatic rings. The fraction of sp³-hybridized carbons (Fsp3) is 0.556. The predicted molar refractivity (Wildman–Crippen MR) is 102 cm³/mol. The van der Waals surface area contributed by atoms with E-state index < -0.39 is 27.8 Å². The van der Waals surface area contributed by atoms with Gasteiger partial charge in [-0.1, -0.05) is 0 Å². The molecule has 3 rings (SSSR count). The van der Waals surface area contributed by atoms with Crippen LogP contribution in [0.2, 0.25) is 0 Å². The molecule has 0 bridgehead atoms. The van der Waals surface area contributed by atoms with Crippen LogP contribution in [0.15, 0.2) is 29.6 Å². The Hall–Kier alpha value is -2.14. The van der Waals surface area contributed by atoms with Gasteiger partial charge in [0.25, 0.3) is 10.0 Å². The predicted octanol–water partition coefficient (Wildman–Crippen LogP) is 2.91. The van der Waals surface area contributed by atoms with Crippen molar-refractivity contribution in [3.8, 4) is 0 Å². The van der Waals surface area contributed by atoms with Crippen LogP contribution in [0, 0.1) is 6.92 Å². The second kappa shape index (κ2) is 7.94. The zero-order valence-electron chi connectivity index (χ0n) is 16.5. The molecule has 0 spiro atoms. The number of imidazole rings is 1. The van der Waals surface area contributed by atoms with Gasteiger partial charge in [-0.05, 0) is 38.8 Å². The second-order valence-electron chi connectivity index (χ2n) is 7.05. The molecule has 1 atom stereocenters. The van der Waals surface area contributed by atoms with E-state index in [0.29, 0.717) is 31.8 Å². The average Bonchev–Trinajstić information content (AvgIpc) is 3.08. The highest BCUT2D eigenvalue weighted by Crippen LogP contribution is 2.36. The summed E-state index contributed by atoms with van der Waals surface area (Å²) in [5.41, 5.74) is -0.834. The van der Waals surface area contributed by atoms with Crippen LogP contribution in [0.1, 0.15) is 31.2 Å². The summed E-state index contributed by atoms with van der Waals surface area (Å²) in [5.74, 6) is 0.399. The summed E-state index contributed by atoms with van der Waals surface area (Å²) in [5, 5.41) is -0.0334. The van der Waals surface area contributed by atoms with Gasteiger partial charge in [0.05, 0.1) is 5.56 Å². The van der Waals surface area contributed by atoms with Gasteiger partial charge in [0.2, 0.25) is 0 Å². The number of pyridine rings is 1. The van der Waals surface area contributed by atoms with E-state index >= 15 is 0 Å². The smallest absolute Gasteiger partial charge is 0.355 e. The van der Waals surface area contributed by atoms with Gasteiger partial charge in [-0.3, -0.25) is 0 Å². The quantitative estimate of drug-likeness (QED) is 0.728. The number of piperidine rings is 1. The highest BCUT2D eigenvalue weighted by molar-refractivity contribution is 7.89. The van der Waals surface area contributed by atoms with Crippen LogP contribution in [0.3, 0.4) is 0 Å². The molecule has 1 unspecified atom stereocenters. The van der Waals surface area contributed by atoms with E-state index in [2.05, 4.69) is 9.97 Å². The first kappa shape index (κ1) is 21.6. The Morgan fingerprint density at radius 2 is 2.07 bits per heavy atom. The molecule has 1 saturated heterocycles. The maximum Gasteiger partial charge on any atom is 0.419 e. The summed E-state index contributed by atoms with van der Waals surface area (Å²) < 4.78 is 69.2. The van der Waals surface area contributed by atoms with Crippen LogP contribution >= 0.6 is 0 Å². The van der Waals surface area contributed by atoms with Crippen molar-refractivity contribution in [2.24, 2.45) is 0 Å². The zero-order valence-corrected chi connectivity index (χ0v) is 17.3. The molecule has 0 aromatic carbocycles. The number of hydrogen-bond donors (Lipinski definition) is 0. The lowest BCUT2D eigenvalue weighted by Crippen LogP contribution is -2.49. The second-order valence-corrected chi connectivity index (χ2v) is 8.94. The Labute approximate surface area is 168 Å². The normalized spacial score (nSPS) is 18.8. The molecule has 29 heavy (non-hydrogen) atoms. The summed E-state index contributed by atoms with van der Waals surface area (Å²) >= 11 is 0. The third-order valence-corrected chi connectivity index (χ3v) is 6.97. The van der Waals surface area contributed by atoms with Crippen molar-refractivity contribution in [3.05, 3.63) is 35.9 Å². The number of nitrogens with zero attached hydrogens (tertiary/aromatic N) is 5. The molecule has 7 nitrogen and oxygen atoms in total. The van der Waals surface area contributed by atoms with Crippen LogP contribution in [-0.4, -0.2) is 53.4 Å². The molecule has 160 valence electrons. The first-order chi connectivity index (χ1) is 13.6. The third kappa shape index (κ3) is 4.25. The number of aryl methyl sites for hydroxylation is 2. The van der Waals surface area contributed by atoms with Gasteiger partial charge in [0, 0.05) is 45.1 Å². The zero-order chi connectivity index (χ0) is 21.4. The van der Waals surface area contributed by atoms with Crippen LogP contribution in [0.25, 0.3) is 0 Å². The van der Waals surface area contributed by atoms with E-state index in [1.807, 2.05) is 6.92 Å². The lowest BCUT2D eigenvalue weighted by molar-refractivity contribution is -0.137. The minimum atomic E-state index is -4.54. The SMILES string of the molecule is CCn1cc(S(=O)(=O)N2CCCC(N(C)c3ncccc3C(F)(F)F)C2)nc1C. The Balaban J connectivity index is 1.86.